The summed E-state index contributed by atoms with van der Waals surface area (Å²) in [5.74, 6) is -1.09. The number of hydrogen-bond acceptors (Lipinski definition) is 3. The lowest BCUT2D eigenvalue weighted by atomic mass is 10.1. The summed E-state index contributed by atoms with van der Waals surface area (Å²) in [6.07, 6.45) is 0.207. The summed E-state index contributed by atoms with van der Waals surface area (Å²) in [7, 11) is 1.51. The van der Waals surface area contributed by atoms with Gasteiger partial charge in [0.15, 0.2) is 0 Å². The van der Waals surface area contributed by atoms with Gasteiger partial charge in [-0.3, -0.25) is 0 Å². The molecule has 1 rings (SSSR count). The van der Waals surface area contributed by atoms with Crippen LogP contribution in [0.2, 0.25) is 0 Å². The average molecular weight is 294 g/mol. The summed E-state index contributed by atoms with van der Waals surface area (Å²) >= 11 is 0. The SMILES string of the molecule is CN(CC(C)(C)O)C(=O)NC(Cc1ccccc1)C(=O)O. The van der Waals surface area contributed by atoms with E-state index in [-0.39, 0.29) is 13.0 Å². The van der Waals surface area contributed by atoms with E-state index in [9.17, 15) is 19.8 Å². The Hall–Kier alpha value is -2.08. The zero-order valence-electron chi connectivity index (χ0n) is 12.5. The third kappa shape index (κ3) is 6.27. The van der Waals surface area contributed by atoms with Crippen molar-refractivity contribution in [3.63, 3.8) is 0 Å². The van der Waals surface area contributed by atoms with Crippen molar-refractivity contribution in [1.29, 1.82) is 0 Å². The maximum atomic E-state index is 12.0. The third-order valence-corrected chi connectivity index (χ3v) is 2.85. The number of aliphatic hydroxyl groups is 1. The number of nitrogens with one attached hydrogen (secondary N) is 1. The molecule has 0 aliphatic heterocycles. The maximum Gasteiger partial charge on any atom is 0.326 e. The van der Waals surface area contributed by atoms with Crippen LogP contribution in [0.5, 0.6) is 0 Å². The minimum atomic E-state index is -1.09. The van der Waals surface area contributed by atoms with Crippen LogP contribution in [0.15, 0.2) is 30.3 Å². The highest BCUT2D eigenvalue weighted by molar-refractivity contribution is 5.82. The van der Waals surface area contributed by atoms with Gasteiger partial charge in [-0.05, 0) is 19.4 Å². The lowest BCUT2D eigenvalue weighted by molar-refractivity contribution is -0.139. The van der Waals surface area contributed by atoms with E-state index in [1.807, 2.05) is 30.3 Å². The van der Waals surface area contributed by atoms with Gasteiger partial charge in [0.05, 0.1) is 12.1 Å². The molecule has 0 fully saturated rings. The Labute approximate surface area is 124 Å². The number of carboxylic acid groups (broad SMARTS) is 1. The van der Waals surface area contributed by atoms with E-state index in [0.717, 1.165) is 5.56 Å². The molecule has 0 aliphatic rings. The fourth-order valence-corrected chi connectivity index (χ4v) is 1.96. The van der Waals surface area contributed by atoms with Crippen LogP contribution in [0.1, 0.15) is 19.4 Å². The second-order valence-electron chi connectivity index (χ2n) is 5.70. The van der Waals surface area contributed by atoms with E-state index in [0.29, 0.717) is 0 Å². The fourth-order valence-electron chi connectivity index (χ4n) is 1.96. The molecule has 1 unspecified atom stereocenters. The van der Waals surface area contributed by atoms with Crippen molar-refractivity contribution < 1.29 is 19.8 Å². The van der Waals surface area contributed by atoms with Crippen LogP contribution in [0.4, 0.5) is 4.79 Å². The van der Waals surface area contributed by atoms with Gasteiger partial charge >= 0.3 is 12.0 Å². The van der Waals surface area contributed by atoms with Crippen LogP contribution in [0, 0.1) is 0 Å². The van der Waals surface area contributed by atoms with Gasteiger partial charge in [-0.25, -0.2) is 9.59 Å². The van der Waals surface area contributed by atoms with Crippen molar-refractivity contribution >= 4 is 12.0 Å². The van der Waals surface area contributed by atoms with Gasteiger partial charge < -0.3 is 20.4 Å². The molecule has 0 radical (unpaired) electrons. The molecule has 1 aromatic rings. The predicted octanol–water partition coefficient (Wildman–Crippen LogP) is 1.09. The molecule has 0 aliphatic carbocycles. The summed E-state index contributed by atoms with van der Waals surface area (Å²) < 4.78 is 0. The van der Waals surface area contributed by atoms with Gasteiger partial charge in [0.25, 0.3) is 0 Å². The highest BCUT2D eigenvalue weighted by atomic mass is 16.4. The monoisotopic (exact) mass is 294 g/mol. The summed E-state index contributed by atoms with van der Waals surface area (Å²) in [6, 6.07) is 7.55. The smallest absolute Gasteiger partial charge is 0.326 e. The van der Waals surface area contributed by atoms with Crippen LogP contribution >= 0.6 is 0 Å². The van der Waals surface area contributed by atoms with E-state index in [4.69, 9.17) is 0 Å². The van der Waals surface area contributed by atoms with Crippen molar-refractivity contribution in [2.24, 2.45) is 0 Å². The molecule has 0 saturated carbocycles. The van der Waals surface area contributed by atoms with Crippen molar-refractivity contribution in [2.75, 3.05) is 13.6 Å². The molecule has 1 aromatic carbocycles. The topological polar surface area (TPSA) is 89.9 Å². The fraction of sp³-hybridized carbons (Fsp3) is 0.467. The summed E-state index contributed by atoms with van der Waals surface area (Å²) in [5.41, 5.74) is -0.208. The number of carbonyl (C=O) groups excluding carboxylic acids is 1. The van der Waals surface area contributed by atoms with Crippen molar-refractivity contribution in [3.8, 4) is 0 Å². The first-order chi connectivity index (χ1) is 9.69. The lowest BCUT2D eigenvalue weighted by Gasteiger charge is -2.27. The van der Waals surface area contributed by atoms with E-state index in [1.54, 1.807) is 13.8 Å². The highest BCUT2D eigenvalue weighted by Gasteiger charge is 2.24. The quantitative estimate of drug-likeness (QED) is 0.732. The number of carboxylic acids is 1. The molecule has 0 spiro atoms. The Morgan fingerprint density at radius 3 is 2.33 bits per heavy atom. The number of aliphatic carboxylic acids is 1. The van der Waals surface area contributed by atoms with Crippen molar-refractivity contribution in [1.82, 2.24) is 10.2 Å². The van der Waals surface area contributed by atoms with Gasteiger partial charge in [-0.15, -0.1) is 0 Å². The normalized spacial score (nSPS) is 12.6. The Morgan fingerprint density at radius 2 is 1.86 bits per heavy atom. The summed E-state index contributed by atoms with van der Waals surface area (Å²) in [5, 5.41) is 21.4. The molecule has 6 heteroatoms. The van der Waals surface area contributed by atoms with Gasteiger partial charge in [0.1, 0.15) is 6.04 Å². The minimum absolute atomic E-state index is 0.108. The summed E-state index contributed by atoms with van der Waals surface area (Å²) in [6.45, 7) is 3.27. The van der Waals surface area contributed by atoms with Crippen LogP contribution in [0.3, 0.4) is 0 Å². The standard InChI is InChI=1S/C15H22N2O4/c1-15(2,21)10-17(3)14(20)16-12(13(18)19)9-11-7-5-4-6-8-11/h4-8,12,21H,9-10H2,1-3H3,(H,16,20)(H,18,19). The second-order valence-corrected chi connectivity index (χ2v) is 5.70. The zero-order chi connectivity index (χ0) is 16.0. The molecule has 1 atom stereocenters. The molecule has 3 N–H and O–H groups in total. The van der Waals surface area contributed by atoms with Gasteiger partial charge in [-0.1, -0.05) is 30.3 Å². The molecule has 6 nitrogen and oxygen atoms in total. The third-order valence-electron chi connectivity index (χ3n) is 2.85. The van der Waals surface area contributed by atoms with E-state index < -0.39 is 23.6 Å². The molecule has 2 amide bonds. The first kappa shape index (κ1) is 17.0. The molecule has 0 saturated heterocycles. The van der Waals surface area contributed by atoms with Crippen LogP contribution in [-0.4, -0.2) is 52.3 Å². The van der Waals surface area contributed by atoms with E-state index in [1.165, 1.54) is 11.9 Å². The first-order valence-corrected chi connectivity index (χ1v) is 6.70. The number of amides is 2. The number of carbonyl (C=O) groups is 2. The van der Waals surface area contributed by atoms with E-state index >= 15 is 0 Å². The molecular weight excluding hydrogens is 272 g/mol. The van der Waals surface area contributed by atoms with Crippen LogP contribution in [-0.2, 0) is 11.2 Å². The minimum Gasteiger partial charge on any atom is -0.480 e. The van der Waals surface area contributed by atoms with Crippen LogP contribution < -0.4 is 5.32 Å². The number of hydrogen-bond donors (Lipinski definition) is 3. The highest BCUT2D eigenvalue weighted by Crippen LogP contribution is 2.06. The molecule has 0 bridgehead atoms. The number of benzene rings is 1. The number of urea groups is 1. The zero-order valence-corrected chi connectivity index (χ0v) is 12.5. The Kier molecular flexibility index (Phi) is 5.72. The summed E-state index contributed by atoms with van der Waals surface area (Å²) in [4.78, 5) is 24.5. The predicted molar refractivity (Wildman–Crippen MR) is 79.0 cm³/mol. The number of rotatable bonds is 6. The Morgan fingerprint density at radius 1 is 1.29 bits per heavy atom. The van der Waals surface area contributed by atoms with Crippen LogP contribution in [0.25, 0.3) is 0 Å². The Bertz CT molecular complexity index is 482. The second kappa shape index (κ2) is 7.08. The van der Waals surface area contributed by atoms with Crippen molar-refractivity contribution in [2.45, 2.75) is 31.9 Å². The molecular formula is C15H22N2O4. The molecule has 21 heavy (non-hydrogen) atoms. The number of nitrogens with zero attached hydrogens (tertiary/aromatic N) is 1. The van der Waals surface area contributed by atoms with E-state index in [2.05, 4.69) is 5.32 Å². The first-order valence-electron chi connectivity index (χ1n) is 6.70. The van der Waals surface area contributed by atoms with Gasteiger partial charge in [-0.2, -0.15) is 0 Å². The van der Waals surface area contributed by atoms with Crippen molar-refractivity contribution in [3.05, 3.63) is 35.9 Å². The number of likely N-dealkylation sites (N-methyl/N-ethyl adjacent to an activating group) is 1. The molecule has 0 aromatic heterocycles. The molecule has 116 valence electrons. The average Bonchev–Trinajstić information content (AvgIpc) is 2.36. The largest absolute Gasteiger partial charge is 0.480 e. The van der Waals surface area contributed by atoms with Gasteiger partial charge in [0.2, 0.25) is 0 Å². The Balaban J connectivity index is 2.66. The molecule has 0 heterocycles. The lowest BCUT2D eigenvalue weighted by Crippen LogP contribution is -2.50. The van der Waals surface area contributed by atoms with Gasteiger partial charge in [0, 0.05) is 13.5 Å². The maximum absolute atomic E-state index is 12.0.